The molecule has 2 aliphatic rings. The van der Waals surface area contributed by atoms with Crippen molar-refractivity contribution in [1.82, 2.24) is 15.6 Å². The second kappa shape index (κ2) is 7.09. The molecule has 0 unspecified atom stereocenters. The van der Waals surface area contributed by atoms with E-state index in [4.69, 9.17) is 4.74 Å². The molecule has 1 atom stereocenters. The van der Waals surface area contributed by atoms with E-state index in [9.17, 15) is 4.79 Å². The third-order valence-electron chi connectivity index (χ3n) is 4.74. The van der Waals surface area contributed by atoms with Crippen LogP contribution in [0.4, 0.5) is 0 Å². The van der Waals surface area contributed by atoms with Crippen molar-refractivity contribution in [3.63, 3.8) is 0 Å². The number of ether oxygens (including phenoxy) is 1. The molecule has 1 aliphatic carbocycles. The molecule has 2 N–H and O–H groups in total. The quantitative estimate of drug-likeness (QED) is 0.807. The first-order valence-corrected chi connectivity index (χ1v) is 8.26. The number of hydrogen-bond acceptors (Lipinski definition) is 4. The number of amides is 1. The summed E-state index contributed by atoms with van der Waals surface area (Å²) in [7, 11) is 0. The second-order valence-electron chi connectivity index (χ2n) is 6.51. The van der Waals surface area contributed by atoms with E-state index in [0.29, 0.717) is 12.0 Å². The molecule has 0 aromatic carbocycles. The maximum Gasteiger partial charge on any atom is 0.216 e. The molecule has 5 nitrogen and oxygen atoms in total. The van der Waals surface area contributed by atoms with Crippen LogP contribution in [-0.4, -0.2) is 36.6 Å². The highest BCUT2D eigenvalue weighted by molar-refractivity contribution is 5.72. The third-order valence-corrected chi connectivity index (χ3v) is 4.74. The van der Waals surface area contributed by atoms with E-state index >= 15 is 0 Å². The molecular weight excluding hydrogens is 278 g/mol. The summed E-state index contributed by atoms with van der Waals surface area (Å²) >= 11 is 0. The summed E-state index contributed by atoms with van der Waals surface area (Å²) in [6.07, 6.45) is 8.42. The average molecular weight is 303 g/mol. The first-order valence-electron chi connectivity index (χ1n) is 8.26. The van der Waals surface area contributed by atoms with Gasteiger partial charge in [-0.25, -0.2) is 0 Å². The third kappa shape index (κ3) is 3.97. The van der Waals surface area contributed by atoms with Crippen molar-refractivity contribution < 1.29 is 9.53 Å². The van der Waals surface area contributed by atoms with Gasteiger partial charge in [-0.3, -0.25) is 9.78 Å². The van der Waals surface area contributed by atoms with E-state index in [1.807, 2.05) is 6.20 Å². The predicted octanol–water partition coefficient (Wildman–Crippen LogP) is 1.84. The first-order chi connectivity index (χ1) is 10.7. The van der Waals surface area contributed by atoms with Gasteiger partial charge < -0.3 is 15.4 Å². The maximum atomic E-state index is 10.9. The Balaban J connectivity index is 1.42. The van der Waals surface area contributed by atoms with Gasteiger partial charge in [-0.05, 0) is 55.7 Å². The summed E-state index contributed by atoms with van der Waals surface area (Å²) in [5, 5.41) is 6.20. The molecule has 1 aromatic heterocycles. The minimum Gasteiger partial charge on any atom is -0.490 e. The van der Waals surface area contributed by atoms with Gasteiger partial charge in [0.2, 0.25) is 5.91 Å². The summed E-state index contributed by atoms with van der Waals surface area (Å²) in [5.74, 6) is 2.26. The normalized spacial score (nSPS) is 26.7. The molecule has 2 fully saturated rings. The Morgan fingerprint density at radius 2 is 2.27 bits per heavy atom. The lowest BCUT2D eigenvalue weighted by molar-refractivity contribution is -0.119. The molecular formula is C17H25N3O2. The molecule has 1 aromatic rings. The molecule has 1 saturated carbocycles. The lowest BCUT2D eigenvalue weighted by atomic mass is 9.70. The highest BCUT2D eigenvalue weighted by Crippen LogP contribution is 2.43. The largest absolute Gasteiger partial charge is 0.490 e. The van der Waals surface area contributed by atoms with Gasteiger partial charge in [0.1, 0.15) is 12.4 Å². The Morgan fingerprint density at radius 1 is 1.45 bits per heavy atom. The molecule has 3 rings (SSSR count). The van der Waals surface area contributed by atoms with Crippen LogP contribution in [0.2, 0.25) is 0 Å². The summed E-state index contributed by atoms with van der Waals surface area (Å²) in [4.78, 5) is 15.2. The monoisotopic (exact) mass is 303 g/mol. The minimum absolute atomic E-state index is 0.0610. The molecule has 1 aliphatic heterocycles. The van der Waals surface area contributed by atoms with E-state index in [1.165, 1.54) is 24.8 Å². The fraction of sp³-hybridized carbons (Fsp3) is 0.647. The Labute approximate surface area is 131 Å². The highest BCUT2D eigenvalue weighted by Gasteiger charge is 2.30. The maximum absolute atomic E-state index is 10.9. The van der Waals surface area contributed by atoms with Gasteiger partial charge in [0.15, 0.2) is 0 Å². The number of pyridine rings is 1. The molecule has 22 heavy (non-hydrogen) atoms. The summed E-state index contributed by atoms with van der Waals surface area (Å²) in [6, 6.07) is 2.64. The average Bonchev–Trinajstić information content (AvgIpc) is 2.39. The standard InChI is InChI=1S/C17H25N3O2/c1-12(21)19-4-2-13-6-14(7-13)15-8-17(10-18-9-15)22-11-16-3-5-20-16/h8-10,13-14,16,20H,2-7,11H2,1H3,(H,19,21)/t13-,14+,16-/m0/s1. The van der Waals surface area contributed by atoms with Crippen molar-refractivity contribution in [2.45, 2.75) is 44.6 Å². The van der Waals surface area contributed by atoms with Gasteiger partial charge in [-0.1, -0.05) is 0 Å². The van der Waals surface area contributed by atoms with Gasteiger partial charge in [-0.15, -0.1) is 0 Å². The Morgan fingerprint density at radius 3 is 2.95 bits per heavy atom. The highest BCUT2D eigenvalue weighted by atomic mass is 16.5. The van der Waals surface area contributed by atoms with Crippen molar-refractivity contribution in [3.8, 4) is 5.75 Å². The van der Waals surface area contributed by atoms with Crippen molar-refractivity contribution in [2.24, 2.45) is 5.92 Å². The van der Waals surface area contributed by atoms with Gasteiger partial charge >= 0.3 is 0 Å². The number of aromatic nitrogens is 1. The summed E-state index contributed by atoms with van der Waals surface area (Å²) < 4.78 is 5.81. The van der Waals surface area contributed by atoms with E-state index in [1.54, 1.807) is 13.1 Å². The van der Waals surface area contributed by atoms with Crippen molar-refractivity contribution in [2.75, 3.05) is 19.7 Å². The van der Waals surface area contributed by atoms with E-state index in [0.717, 1.165) is 37.8 Å². The zero-order valence-corrected chi connectivity index (χ0v) is 13.2. The van der Waals surface area contributed by atoms with Crippen molar-refractivity contribution in [1.29, 1.82) is 0 Å². The van der Waals surface area contributed by atoms with Crippen molar-refractivity contribution in [3.05, 3.63) is 24.0 Å². The molecule has 0 bridgehead atoms. The lowest BCUT2D eigenvalue weighted by Gasteiger charge is -2.35. The lowest BCUT2D eigenvalue weighted by Crippen LogP contribution is -2.46. The van der Waals surface area contributed by atoms with Crippen LogP contribution in [0.25, 0.3) is 0 Å². The number of carbonyl (C=O) groups is 1. The number of nitrogens with one attached hydrogen (secondary N) is 2. The van der Waals surface area contributed by atoms with Gasteiger partial charge in [0.25, 0.3) is 0 Å². The van der Waals surface area contributed by atoms with E-state index in [-0.39, 0.29) is 5.91 Å². The van der Waals surface area contributed by atoms with Crippen LogP contribution in [0.3, 0.4) is 0 Å². The first kappa shape index (κ1) is 15.3. The Bertz CT molecular complexity index is 510. The zero-order valence-electron chi connectivity index (χ0n) is 13.2. The topological polar surface area (TPSA) is 63.2 Å². The number of rotatable bonds is 7. The molecule has 0 spiro atoms. The fourth-order valence-electron chi connectivity index (χ4n) is 3.12. The molecule has 0 radical (unpaired) electrons. The van der Waals surface area contributed by atoms with Crippen LogP contribution in [0.5, 0.6) is 5.75 Å². The fourth-order valence-corrected chi connectivity index (χ4v) is 3.12. The van der Waals surface area contributed by atoms with Crippen LogP contribution in [-0.2, 0) is 4.79 Å². The summed E-state index contributed by atoms with van der Waals surface area (Å²) in [5.41, 5.74) is 1.29. The van der Waals surface area contributed by atoms with Gasteiger partial charge in [0.05, 0.1) is 6.20 Å². The zero-order chi connectivity index (χ0) is 15.4. The van der Waals surface area contributed by atoms with Crippen LogP contribution in [0.15, 0.2) is 18.5 Å². The molecule has 120 valence electrons. The SMILES string of the molecule is CC(=O)NCC[C@H]1C[C@@H](c2cncc(OC[C@@H]3CCN3)c2)C1. The van der Waals surface area contributed by atoms with Gasteiger partial charge in [0, 0.05) is 25.7 Å². The molecule has 1 amide bonds. The number of nitrogens with zero attached hydrogens (tertiary/aromatic N) is 1. The Kier molecular flexibility index (Phi) is 4.93. The summed E-state index contributed by atoms with van der Waals surface area (Å²) in [6.45, 7) is 4.20. The number of hydrogen-bond donors (Lipinski definition) is 2. The second-order valence-corrected chi connectivity index (χ2v) is 6.51. The predicted molar refractivity (Wildman–Crippen MR) is 84.9 cm³/mol. The van der Waals surface area contributed by atoms with Crippen LogP contribution in [0.1, 0.15) is 44.1 Å². The van der Waals surface area contributed by atoms with Crippen molar-refractivity contribution >= 4 is 5.91 Å². The van der Waals surface area contributed by atoms with Crippen LogP contribution in [0, 0.1) is 5.92 Å². The minimum atomic E-state index is 0.0610. The number of carbonyl (C=O) groups excluding carboxylic acids is 1. The molecule has 2 heterocycles. The van der Waals surface area contributed by atoms with Crippen LogP contribution >= 0.6 is 0 Å². The van der Waals surface area contributed by atoms with E-state index in [2.05, 4.69) is 21.7 Å². The van der Waals surface area contributed by atoms with E-state index < -0.39 is 0 Å². The molecule has 5 heteroatoms. The van der Waals surface area contributed by atoms with Gasteiger partial charge in [-0.2, -0.15) is 0 Å². The van der Waals surface area contributed by atoms with Crippen LogP contribution < -0.4 is 15.4 Å². The smallest absolute Gasteiger partial charge is 0.216 e. The molecule has 1 saturated heterocycles. The Hall–Kier alpha value is -1.62.